The largest absolute Gasteiger partial charge is 0.323 e. The lowest BCUT2D eigenvalue weighted by atomic mass is 10.1. The summed E-state index contributed by atoms with van der Waals surface area (Å²) < 4.78 is 0. The summed E-state index contributed by atoms with van der Waals surface area (Å²) in [6.07, 6.45) is 6.89. The lowest BCUT2D eigenvalue weighted by Gasteiger charge is -1.94. The molecule has 0 spiro atoms. The SMILES string of the molecule is CCCCCC(=O)/C=C/c1[nH]c(=O)[nH]c1C. The molecule has 0 aromatic carbocycles. The fourth-order valence-corrected chi connectivity index (χ4v) is 1.46. The number of nitrogens with one attached hydrogen (secondary N) is 2. The van der Waals surface area contributed by atoms with Crippen LogP contribution >= 0.6 is 0 Å². The molecule has 4 heteroatoms. The molecule has 0 amide bonds. The van der Waals surface area contributed by atoms with Crippen molar-refractivity contribution in [1.82, 2.24) is 9.97 Å². The van der Waals surface area contributed by atoms with Gasteiger partial charge < -0.3 is 9.97 Å². The molecule has 1 rings (SSSR count). The summed E-state index contributed by atoms with van der Waals surface area (Å²) in [7, 11) is 0. The highest BCUT2D eigenvalue weighted by molar-refractivity contribution is 5.93. The third-order valence-electron chi connectivity index (χ3n) is 2.42. The number of hydrogen-bond donors (Lipinski definition) is 2. The zero-order chi connectivity index (χ0) is 12.0. The van der Waals surface area contributed by atoms with Gasteiger partial charge in [0.25, 0.3) is 0 Å². The molecular formula is C12H18N2O2. The fraction of sp³-hybridized carbons (Fsp3) is 0.500. The van der Waals surface area contributed by atoms with Gasteiger partial charge in [-0.25, -0.2) is 4.79 Å². The maximum atomic E-state index is 11.4. The molecule has 0 aliphatic rings. The van der Waals surface area contributed by atoms with Gasteiger partial charge in [-0.15, -0.1) is 0 Å². The number of carbonyl (C=O) groups is 1. The zero-order valence-corrected chi connectivity index (χ0v) is 9.80. The van der Waals surface area contributed by atoms with Gasteiger partial charge in [0.2, 0.25) is 0 Å². The summed E-state index contributed by atoms with van der Waals surface area (Å²) in [6.45, 7) is 3.90. The summed E-state index contributed by atoms with van der Waals surface area (Å²) in [4.78, 5) is 27.6. The molecule has 1 aromatic rings. The minimum atomic E-state index is -0.240. The van der Waals surface area contributed by atoms with Crippen LogP contribution in [0.1, 0.15) is 44.0 Å². The minimum Gasteiger partial charge on any atom is -0.310 e. The van der Waals surface area contributed by atoms with Gasteiger partial charge in [-0.05, 0) is 25.5 Å². The maximum Gasteiger partial charge on any atom is 0.323 e. The van der Waals surface area contributed by atoms with Crippen LogP contribution in [0.3, 0.4) is 0 Å². The Morgan fingerprint density at radius 3 is 2.62 bits per heavy atom. The van der Waals surface area contributed by atoms with Crippen LogP contribution in [0.2, 0.25) is 0 Å². The first kappa shape index (κ1) is 12.5. The predicted octanol–water partition coefficient (Wildman–Crippen LogP) is 2.17. The van der Waals surface area contributed by atoms with E-state index in [0.717, 1.165) is 25.0 Å². The van der Waals surface area contributed by atoms with Crippen molar-refractivity contribution in [3.8, 4) is 0 Å². The fourth-order valence-electron chi connectivity index (χ4n) is 1.46. The van der Waals surface area contributed by atoms with Crippen LogP contribution in [-0.4, -0.2) is 15.8 Å². The minimum absolute atomic E-state index is 0.106. The molecule has 0 unspecified atom stereocenters. The molecule has 0 aliphatic heterocycles. The third-order valence-corrected chi connectivity index (χ3v) is 2.42. The second-order valence-electron chi connectivity index (χ2n) is 3.87. The van der Waals surface area contributed by atoms with Crippen molar-refractivity contribution < 1.29 is 4.79 Å². The molecule has 2 N–H and O–H groups in total. The van der Waals surface area contributed by atoms with Gasteiger partial charge >= 0.3 is 5.69 Å². The zero-order valence-electron chi connectivity index (χ0n) is 9.80. The van der Waals surface area contributed by atoms with Crippen LogP contribution in [-0.2, 0) is 4.79 Å². The number of aromatic nitrogens is 2. The number of carbonyl (C=O) groups excluding carboxylic acids is 1. The van der Waals surface area contributed by atoms with Gasteiger partial charge in [-0.2, -0.15) is 0 Å². The van der Waals surface area contributed by atoms with E-state index in [-0.39, 0.29) is 11.5 Å². The number of hydrogen-bond acceptors (Lipinski definition) is 2. The molecule has 16 heavy (non-hydrogen) atoms. The topological polar surface area (TPSA) is 65.7 Å². The summed E-state index contributed by atoms with van der Waals surface area (Å²) in [5, 5.41) is 0. The maximum absolute atomic E-state index is 11.4. The van der Waals surface area contributed by atoms with Gasteiger partial charge in [0, 0.05) is 12.1 Å². The van der Waals surface area contributed by atoms with E-state index in [1.54, 1.807) is 13.0 Å². The van der Waals surface area contributed by atoms with E-state index in [2.05, 4.69) is 16.9 Å². The number of allylic oxidation sites excluding steroid dienone is 1. The van der Waals surface area contributed by atoms with E-state index in [0.29, 0.717) is 12.1 Å². The highest BCUT2D eigenvalue weighted by Crippen LogP contribution is 2.04. The van der Waals surface area contributed by atoms with E-state index in [4.69, 9.17) is 0 Å². The van der Waals surface area contributed by atoms with Gasteiger partial charge in [-0.3, -0.25) is 4.79 Å². The van der Waals surface area contributed by atoms with E-state index in [9.17, 15) is 9.59 Å². The average molecular weight is 222 g/mol. The van der Waals surface area contributed by atoms with Crippen LogP contribution in [0.5, 0.6) is 0 Å². The number of aryl methyl sites for hydroxylation is 1. The van der Waals surface area contributed by atoms with E-state index in [1.165, 1.54) is 6.08 Å². The molecule has 0 atom stereocenters. The smallest absolute Gasteiger partial charge is 0.310 e. The second-order valence-corrected chi connectivity index (χ2v) is 3.87. The molecule has 0 saturated heterocycles. The van der Waals surface area contributed by atoms with E-state index in [1.807, 2.05) is 0 Å². The first-order valence-corrected chi connectivity index (χ1v) is 5.63. The molecule has 0 radical (unpaired) electrons. The van der Waals surface area contributed by atoms with Crippen LogP contribution in [0, 0.1) is 6.92 Å². The van der Waals surface area contributed by atoms with Crippen molar-refractivity contribution in [2.75, 3.05) is 0 Å². The number of imidazole rings is 1. The molecule has 0 aliphatic carbocycles. The number of rotatable bonds is 6. The Balaban J connectivity index is 2.50. The molecule has 0 bridgehead atoms. The molecule has 1 heterocycles. The van der Waals surface area contributed by atoms with E-state index < -0.39 is 0 Å². The Kier molecular flexibility index (Phi) is 4.76. The lowest BCUT2D eigenvalue weighted by molar-refractivity contribution is -0.114. The van der Waals surface area contributed by atoms with E-state index >= 15 is 0 Å². The van der Waals surface area contributed by atoms with Gasteiger partial charge in [0.15, 0.2) is 5.78 Å². The first-order valence-electron chi connectivity index (χ1n) is 5.63. The molecule has 0 fully saturated rings. The van der Waals surface area contributed by atoms with Crippen LogP contribution in [0.25, 0.3) is 6.08 Å². The Morgan fingerprint density at radius 1 is 1.31 bits per heavy atom. The van der Waals surface area contributed by atoms with Crippen molar-refractivity contribution in [3.05, 3.63) is 27.9 Å². The predicted molar refractivity (Wildman–Crippen MR) is 64.3 cm³/mol. The Bertz CT molecular complexity index is 426. The molecular weight excluding hydrogens is 204 g/mol. The van der Waals surface area contributed by atoms with Crippen LogP contribution < -0.4 is 5.69 Å². The van der Waals surface area contributed by atoms with Crippen LogP contribution in [0.15, 0.2) is 10.9 Å². The monoisotopic (exact) mass is 222 g/mol. The van der Waals surface area contributed by atoms with Gasteiger partial charge in [0.1, 0.15) is 0 Å². The molecule has 1 aromatic heterocycles. The third kappa shape index (κ3) is 3.88. The van der Waals surface area contributed by atoms with Crippen molar-refractivity contribution in [1.29, 1.82) is 0 Å². The highest BCUT2D eigenvalue weighted by atomic mass is 16.1. The standard InChI is InChI=1S/C12H18N2O2/c1-3-4-5-6-10(15)7-8-11-9(2)13-12(16)14-11/h7-8H,3-6H2,1-2H3,(H2,13,14,16)/b8-7+. The van der Waals surface area contributed by atoms with Gasteiger partial charge in [0.05, 0.1) is 5.69 Å². The number of aromatic amines is 2. The van der Waals surface area contributed by atoms with Crippen molar-refractivity contribution in [2.45, 2.75) is 39.5 Å². The molecule has 88 valence electrons. The summed E-state index contributed by atoms with van der Waals surface area (Å²) in [6, 6.07) is 0. The van der Waals surface area contributed by atoms with Gasteiger partial charge in [-0.1, -0.05) is 19.8 Å². The molecule has 0 saturated carbocycles. The second kappa shape index (κ2) is 6.10. The van der Waals surface area contributed by atoms with Crippen LogP contribution in [0.4, 0.5) is 0 Å². The Labute approximate surface area is 94.8 Å². The summed E-state index contributed by atoms with van der Waals surface area (Å²) >= 11 is 0. The quantitative estimate of drug-likeness (QED) is 0.572. The first-order chi connectivity index (χ1) is 7.63. The number of H-pyrrole nitrogens is 2. The Hall–Kier alpha value is -1.58. The average Bonchev–Trinajstić information content (AvgIpc) is 2.55. The Morgan fingerprint density at radius 2 is 2.06 bits per heavy atom. The number of unbranched alkanes of at least 4 members (excludes halogenated alkanes) is 2. The highest BCUT2D eigenvalue weighted by Gasteiger charge is 2.00. The number of ketones is 1. The summed E-state index contributed by atoms with van der Waals surface area (Å²) in [5.74, 6) is 0.106. The summed E-state index contributed by atoms with van der Waals surface area (Å²) in [5.41, 5.74) is 1.19. The molecule has 4 nitrogen and oxygen atoms in total. The lowest BCUT2D eigenvalue weighted by Crippen LogP contribution is -2.00. The van der Waals surface area contributed by atoms with Crippen molar-refractivity contribution >= 4 is 11.9 Å². The van der Waals surface area contributed by atoms with Crippen molar-refractivity contribution in [2.24, 2.45) is 0 Å². The normalized spacial score (nSPS) is 11.1. The van der Waals surface area contributed by atoms with Crippen molar-refractivity contribution in [3.63, 3.8) is 0 Å².